The fourth-order valence-electron chi connectivity index (χ4n) is 5.26. The molecule has 0 bridgehead atoms. The van der Waals surface area contributed by atoms with Crippen molar-refractivity contribution in [1.82, 2.24) is 20.9 Å². The summed E-state index contributed by atoms with van der Waals surface area (Å²) in [6.07, 6.45) is 3.62. The van der Waals surface area contributed by atoms with Gasteiger partial charge in [0.05, 0.1) is 7.11 Å². The molecule has 11 nitrogen and oxygen atoms in total. The Morgan fingerprint density at radius 3 is 2.05 bits per heavy atom. The number of amides is 4. The number of carboxylic acid groups (broad SMARTS) is 1. The number of ether oxygens (including phenoxy) is 1. The van der Waals surface area contributed by atoms with E-state index in [2.05, 4.69) is 20.7 Å². The molecule has 2 aliphatic rings. The summed E-state index contributed by atoms with van der Waals surface area (Å²) in [4.78, 5) is 65.2. The van der Waals surface area contributed by atoms with Gasteiger partial charge in [0.1, 0.15) is 24.2 Å². The van der Waals surface area contributed by atoms with Crippen LogP contribution in [-0.2, 0) is 23.9 Å². The predicted octanol–water partition coefficient (Wildman–Crippen LogP) is 1.89. The molecule has 210 valence electrons. The Balaban J connectivity index is 2.29. The van der Waals surface area contributed by atoms with Crippen molar-refractivity contribution in [2.24, 2.45) is 23.2 Å². The number of carbonyl (C=O) groups is 5. The lowest BCUT2D eigenvalue weighted by Crippen LogP contribution is -2.62. The molecule has 2 rings (SSSR count). The maximum atomic E-state index is 13.7. The van der Waals surface area contributed by atoms with Gasteiger partial charge in [-0.25, -0.2) is 9.59 Å². The minimum atomic E-state index is -1.07. The first-order chi connectivity index (χ1) is 17.2. The fraction of sp³-hybridized carbons (Fsp3) is 0.808. The number of methoxy groups -OCH3 is 1. The van der Waals surface area contributed by atoms with Crippen molar-refractivity contribution in [3.05, 3.63) is 0 Å². The van der Waals surface area contributed by atoms with E-state index in [0.717, 1.165) is 32.1 Å². The zero-order chi connectivity index (χ0) is 28.1. The van der Waals surface area contributed by atoms with Crippen molar-refractivity contribution in [3.8, 4) is 0 Å². The predicted molar refractivity (Wildman–Crippen MR) is 136 cm³/mol. The average molecular weight is 525 g/mol. The number of aliphatic carboxylic acids is 1. The first-order valence-electron chi connectivity index (χ1n) is 13.2. The van der Waals surface area contributed by atoms with Crippen LogP contribution in [0.2, 0.25) is 0 Å². The van der Waals surface area contributed by atoms with Gasteiger partial charge in [-0.15, -0.1) is 0 Å². The van der Waals surface area contributed by atoms with Crippen LogP contribution < -0.4 is 16.0 Å². The molecule has 1 heterocycles. The highest BCUT2D eigenvalue weighted by molar-refractivity contribution is 5.95. The van der Waals surface area contributed by atoms with E-state index in [9.17, 15) is 29.1 Å². The number of rotatable bonds is 8. The van der Waals surface area contributed by atoms with Gasteiger partial charge in [-0.2, -0.15) is 0 Å². The molecule has 37 heavy (non-hydrogen) atoms. The van der Waals surface area contributed by atoms with Gasteiger partial charge >= 0.3 is 12.1 Å². The van der Waals surface area contributed by atoms with Gasteiger partial charge in [0, 0.05) is 6.54 Å². The minimum Gasteiger partial charge on any atom is -0.480 e. The van der Waals surface area contributed by atoms with E-state index in [1.54, 1.807) is 0 Å². The van der Waals surface area contributed by atoms with E-state index in [1.807, 2.05) is 34.6 Å². The molecule has 0 aromatic carbocycles. The van der Waals surface area contributed by atoms with Crippen molar-refractivity contribution >= 4 is 29.8 Å². The van der Waals surface area contributed by atoms with Crippen molar-refractivity contribution in [2.75, 3.05) is 13.7 Å². The molecule has 1 saturated heterocycles. The van der Waals surface area contributed by atoms with Gasteiger partial charge in [-0.3, -0.25) is 14.4 Å². The van der Waals surface area contributed by atoms with E-state index in [4.69, 9.17) is 0 Å². The molecule has 0 aromatic heterocycles. The zero-order valence-electron chi connectivity index (χ0n) is 23.1. The van der Waals surface area contributed by atoms with Gasteiger partial charge < -0.3 is 30.7 Å². The van der Waals surface area contributed by atoms with Crippen LogP contribution in [0.1, 0.15) is 73.6 Å². The Morgan fingerprint density at radius 2 is 1.54 bits per heavy atom. The van der Waals surface area contributed by atoms with E-state index >= 15 is 0 Å². The third kappa shape index (κ3) is 7.58. The van der Waals surface area contributed by atoms with E-state index in [-0.39, 0.29) is 17.8 Å². The molecule has 2 fully saturated rings. The maximum absolute atomic E-state index is 13.7. The van der Waals surface area contributed by atoms with Crippen molar-refractivity contribution in [3.63, 3.8) is 0 Å². The van der Waals surface area contributed by atoms with Crippen LogP contribution in [0.3, 0.4) is 0 Å². The molecular formula is C26H44N4O7. The smallest absolute Gasteiger partial charge is 0.407 e. The number of carbonyl (C=O) groups excluding carboxylic acids is 4. The van der Waals surface area contributed by atoms with Gasteiger partial charge in [0.25, 0.3) is 0 Å². The summed E-state index contributed by atoms with van der Waals surface area (Å²) >= 11 is 0. The lowest BCUT2D eigenvalue weighted by Gasteiger charge is -2.37. The second-order valence-electron chi connectivity index (χ2n) is 11.7. The third-order valence-corrected chi connectivity index (χ3v) is 7.77. The molecule has 1 aliphatic carbocycles. The average Bonchev–Trinajstić information content (AvgIpc) is 3.14. The van der Waals surface area contributed by atoms with E-state index in [1.165, 1.54) is 18.9 Å². The van der Waals surface area contributed by atoms with Gasteiger partial charge in [0.2, 0.25) is 17.7 Å². The Kier molecular flexibility index (Phi) is 10.3. The third-order valence-electron chi connectivity index (χ3n) is 7.77. The number of nitrogens with one attached hydrogen (secondary N) is 3. The Bertz CT molecular complexity index is 865. The highest BCUT2D eigenvalue weighted by atomic mass is 16.5. The lowest BCUT2D eigenvalue weighted by atomic mass is 9.82. The Morgan fingerprint density at radius 1 is 0.946 bits per heavy atom. The van der Waals surface area contributed by atoms with Crippen molar-refractivity contribution in [1.29, 1.82) is 0 Å². The van der Waals surface area contributed by atoms with Crippen LogP contribution in [-0.4, -0.2) is 77.6 Å². The first kappa shape index (κ1) is 30.4. The fourth-order valence-corrected chi connectivity index (χ4v) is 5.26. The summed E-state index contributed by atoms with van der Waals surface area (Å²) in [6, 6.07) is -3.80. The number of carboxylic acids is 1. The number of hydrogen-bond donors (Lipinski definition) is 4. The lowest BCUT2D eigenvalue weighted by molar-refractivity contribution is -0.152. The molecule has 6 atom stereocenters. The Hall–Kier alpha value is -2.85. The number of likely N-dealkylation sites (tertiary alicyclic amines) is 1. The standard InChI is InChI=1S/C26H44N4O7/c1-14-13-30(19(15(14)2)24(34)35)23(33)20(26(4,5)6)29-22(32)18(17-11-9-8-10-12-17)28-21(31)16(3)27-25(36)37-7/h14-20H,8-13H2,1-7H3,(H,27,36)(H,28,31)(H,29,32)(H,34,35)/t14-,15-,16+,18?,19?,20+/m0/s1. The van der Waals surface area contributed by atoms with E-state index in [0.29, 0.717) is 6.54 Å². The second kappa shape index (κ2) is 12.6. The monoisotopic (exact) mass is 524 g/mol. The molecular weight excluding hydrogens is 480 g/mol. The van der Waals surface area contributed by atoms with Crippen LogP contribution in [0, 0.1) is 23.2 Å². The van der Waals surface area contributed by atoms with Gasteiger partial charge in [0.15, 0.2) is 0 Å². The number of nitrogens with zero attached hydrogens (tertiary/aromatic N) is 1. The molecule has 11 heteroatoms. The molecule has 4 amide bonds. The van der Waals surface area contributed by atoms with Crippen LogP contribution in [0.5, 0.6) is 0 Å². The summed E-state index contributed by atoms with van der Waals surface area (Å²) < 4.78 is 4.55. The second-order valence-corrected chi connectivity index (χ2v) is 11.7. The van der Waals surface area contributed by atoms with Gasteiger partial charge in [-0.05, 0) is 42.9 Å². The van der Waals surface area contributed by atoms with Crippen LogP contribution >= 0.6 is 0 Å². The summed E-state index contributed by atoms with van der Waals surface area (Å²) in [5.41, 5.74) is -0.717. The minimum absolute atomic E-state index is 0.000515. The quantitative estimate of drug-likeness (QED) is 0.378. The number of alkyl carbamates (subject to hydrolysis) is 1. The molecule has 0 aromatic rings. The number of hydrogen-bond acceptors (Lipinski definition) is 6. The summed E-state index contributed by atoms with van der Waals surface area (Å²) in [6.45, 7) is 10.9. The van der Waals surface area contributed by atoms with Crippen LogP contribution in [0.25, 0.3) is 0 Å². The highest BCUT2D eigenvalue weighted by Crippen LogP contribution is 2.33. The molecule has 2 unspecified atom stereocenters. The highest BCUT2D eigenvalue weighted by Gasteiger charge is 2.48. The largest absolute Gasteiger partial charge is 0.480 e. The topological polar surface area (TPSA) is 154 Å². The molecule has 0 radical (unpaired) electrons. The molecule has 4 N–H and O–H groups in total. The van der Waals surface area contributed by atoms with Gasteiger partial charge in [-0.1, -0.05) is 53.9 Å². The molecule has 1 saturated carbocycles. The van der Waals surface area contributed by atoms with Crippen LogP contribution in [0.4, 0.5) is 4.79 Å². The maximum Gasteiger partial charge on any atom is 0.407 e. The van der Waals surface area contributed by atoms with Crippen molar-refractivity contribution < 1.29 is 33.8 Å². The zero-order valence-corrected chi connectivity index (χ0v) is 23.1. The summed E-state index contributed by atoms with van der Waals surface area (Å²) in [7, 11) is 1.19. The first-order valence-corrected chi connectivity index (χ1v) is 13.2. The molecule has 0 spiro atoms. The summed E-state index contributed by atoms with van der Waals surface area (Å²) in [5.74, 6) is -2.90. The van der Waals surface area contributed by atoms with E-state index < -0.39 is 59.4 Å². The summed E-state index contributed by atoms with van der Waals surface area (Å²) in [5, 5.41) is 17.9. The van der Waals surface area contributed by atoms with Crippen molar-refractivity contribution in [2.45, 2.75) is 97.8 Å². The normalized spacial score (nSPS) is 24.9. The van der Waals surface area contributed by atoms with Crippen LogP contribution in [0.15, 0.2) is 0 Å². The molecule has 1 aliphatic heterocycles. The SMILES string of the molecule is COC(=O)N[C@H](C)C(=O)NC(C(=O)N[C@H](C(=O)N1C[C@H](C)[C@H](C)C1C(=O)O)C(C)(C)C)C1CCCCC1. The Labute approximate surface area is 219 Å².